The molecule has 0 amide bonds. The zero-order valence-electron chi connectivity index (χ0n) is 19.1. The standard InChI is InChI=1S/C28H30FN3O/c1-17-3-12-22-26-24(17)23(33)15-30-28(26)25(19-8-10-21(29)11-9-19)27(31-22)20-6-4-18(5-7-20)16-32-13-2-14-32/h4-11,17,22,25,27,31H,2-3,12-16H2,1H3. The minimum atomic E-state index is -0.237. The first-order valence-electron chi connectivity index (χ1n) is 12.2. The molecule has 0 spiro atoms. The van der Waals surface area contributed by atoms with E-state index in [0.29, 0.717) is 0 Å². The van der Waals surface area contributed by atoms with Gasteiger partial charge in [-0.2, -0.15) is 0 Å². The quantitative estimate of drug-likeness (QED) is 0.753. The van der Waals surface area contributed by atoms with Crippen molar-refractivity contribution in [2.24, 2.45) is 10.9 Å². The number of dihydropyridines is 1. The van der Waals surface area contributed by atoms with Gasteiger partial charge in [0, 0.05) is 35.8 Å². The monoisotopic (exact) mass is 443 g/mol. The Morgan fingerprint density at radius 1 is 1.00 bits per heavy atom. The normalized spacial score (nSPS) is 29.4. The maximum atomic E-state index is 13.8. The zero-order chi connectivity index (χ0) is 22.5. The van der Waals surface area contributed by atoms with Crippen LogP contribution in [0.1, 0.15) is 54.8 Å². The second-order valence-electron chi connectivity index (χ2n) is 10.0. The van der Waals surface area contributed by atoms with Gasteiger partial charge in [-0.25, -0.2) is 4.39 Å². The number of rotatable bonds is 4. The van der Waals surface area contributed by atoms with E-state index in [1.54, 1.807) is 0 Å². The first kappa shape index (κ1) is 20.9. The van der Waals surface area contributed by atoms with E-state index < -0.39 is 0 Å². The number of carbonyl (C=O) groups excluding carboxylic acids is 1. The molecule has 0 radical (unpaired) electrons. The number of ketones is 1. The first-order valence-corrected chi connectivity index (χ1v) is 12.2. The number of benzene rings is 2. The van der Waals surface area contributed by atoms with E-state index in [-0.39, 0.29) is 42.1 Å². The fourth-order valence-electron chi connectivity index (χ4n) is 6.07. The van der Waals surface area contributed by atoms with Crippen molar-refractivity contribution in [3.8, 4) is 0 Å². The van der Waals surface area contributed by atoms with E-state index in [1.807, 2.05) is 12.1 Å². The van der Waals surface area contributed by atoms with Crippen LogP contribution in [0.5, 0.6) is 0 Å². The molecule has 2 saturated heterocycles. The summed E-state index contributed by atoms with van der Waals surface area (Å²) in [6, 6.07) is 15.9. The number of nitrogens with zero attached hydrogens (tertiary/aromatic N) is 2. The molecule has 4 aliphatic rings. The van der Waals surface area contributed by atoms with Gasteiger partial charge in [-0.05, 0) is 72.7 Å². The molecule has 4 unspecified atom stereocenters. The Hall–Kier alpha value is -2.63. The van der Waals surface area contributed by atoms with Crippen molar-refractivity contribution in [2.45, 2.75) is 50.7 Å². The van der Waals surface area contributed by atoms with Crippen molar-refractivity contribution in [1.29, 1.82) is 0 Å². The number of hydrogen-bond acceptors (Lipinski definition) is 4. The van der Waals surface area contributed by atoms with E-state index in [4.69, 9.17) is 4.99 Å². The van der Waals surface area contributed by atoms with Gasteiger partial charge in [-0.15, -0.1) is 0 Å². The molecule has 0 bridgehead atoms. The minimum Gasteiger partial charge on any atom is -0.302 e. The molecule has 0 aromatic heterocycles. The van der Waals surface area contributed by atoms with Crippen molar-refractivity contribution in [3.63, 3.8) is 0 Å². The van der Waals surface area contributed by atoms with Gasteiger partial charge in [-0.1, -0.05) is 43.3 Å². The highest BCUT2D eigenvalue weighted by atomic mass is 19.1. The lowest BCUT2D eigenvalue weighted by Gasteiger charge is -2.46. The average molecular weight is 444 g/mol. The molecular formula is C28H30FN3O. The molecule has 2 aromatic carbocycles. The third kappa shape index (κ3) is 3.68. The Morgan fingerprint density at radius 2 is 1.73 bits per heavy atom. The summed E-state index contributed by atoms with van der Waals surface area (Å²) in [5.41, 5.74) is 6.71. The number of halogens is 1. The lowest BCUT2D eigenvalue weighted by molar-refractivity contribution is -0.115. The average Bonchev–Trinajstić information content (AvgIpc) is 2.80. The van der Waals surface area contributed by atoms with Crippen LogP contribution in [-0.2, 0) is 11.3 Å². The van der Waals surface area contributed by atoms with Crippen LogP contribution in [-0.4, -0.2) is 42.1 Å². The van der Waals surface area contributed by atoms with Crippen LogP contribution in [0.2, 0.25) is 0 Å². The second-order valence-corrected chi connectivity index (χ2v) is 10.0. The summed E-state index contributed by atoms with van der Waals surface area (Å²) in [7, 11) is 0. The summed E-state index contributed by atoms with van der Waals surface area (Å²) in [6.45, 7) is 5.77. The predicted molar refractivity (Wildman–Crippen MR) is 128 cm³/mol. The summed E-state index contributed by atoms with van der Waals surface area (Å²) >= 11 is 0. The van der Waals surface area contributed by atoms with Crippen LogP contribution >= 0.6 is 0 Å². The highest BCUT2D eigenvalue weighted by Crippen LogP contribution is 2.46. The Labute approximate surface area is 194 Å². The molecule has 3 heterocycles. The van der Waals surface area contributed by atoms with Gasteiger partial charge in [0.2, 0.25) is 0 Å². The number of carbonyl (C=O) groups is 1. The molecule has 0 saturated carbocycles. The second kappa shape index (κ2) is 8.30. The van der Waals surface area contributed by atoms with Gasteiger partial charge in [0.25, 0.3) is 0 Å². The molecule has 5 heteroatoms. The molecule has 170 valence electrons. The van der Waals surface area contributed by atoms with E-state index >= 15 is 0 Å². The summed E-state index contributed by atoms with van der Waals surface area (Å²) in [6.07, 6.45) is 3.32. The predicted octanol–water partition coefficient (Wildman–Crippen LogP) is 4.58. The molecule has 3 aliphatic heterocycles. The molecule has 2 aromatic rings. The lowest BCUT2D eigenvalue weighted by atomic mass is 9.67. The van der Waals surface area contributed by atoms with Gasteiger partial charge in [0.05, 0.1) is 0 Å². The molecule has 6 rings (SSSR count). The maximum Gasteiger partial charge on any atom is 0.180 e. The topological polar surface area (TPSA) is 44.7 Å². The van der Waals surface area contributed by atoms with Crippen molar-refractivity contribution in [3.05, 3.63) is 82.2 Å². The zero-order valence-corrected chi connectivity index (χ0v) is 19.1. The Kier molecular flexibility index (Phi) is 5.27. The number of Topliss-reactive ketones (excluding diaryl/α,β-unsaturated/α-hetero) is 1. The van der Waals surface area contributed by atoms with Crippen LogP contribution in [0.4, 0.5) is 4.39 Å². The molecule has 1 N–H and O–H groups in total. The van der Waals surface area contributed by atoms with E-state index in [2.05, 4.69) is 41.4 Å². The number of piperidine rings is 1. The van der Waals surface area contributed by atoms with Gasteiger partial charge >= 0.3 is 0 Å². The molecule has 4 nitrogen and oxygen atoms in total. The SMILES string of the molecule is CC1CCC2NC(c3ccc(CN4CCC4)cc3)C(c3ccc(F)cc3)C3=NCC(=O)C1=C32. The Morgan fingerprint density at radius 3 is 2.42 bits per heavy atom. The lowest BCUT2D eigenvalue weighted by Crippen LogP contribution is -2.52. The molecule has 2 fully saturated rings. The van der Waals surface area contributed by atoms with E-state index in [9.17, 15) is 9.18 Å². The van der Waals surface area contributed by atoms with Crippen molar-refractivity contribution < 1.29 is 9.18 Å². The molecule has 1 aliphatic carbocycles. The Balaban J connectivity index is 1.41. The number of aliphatic imine (C=N–C) groups is 1. The van der Waals surface area contributed by atoms with Gasteiger partial charge in [0.1, 0.15) is 12.4 Å². The molecule has 33 heavy (non-hydrogen) atoms. The highest BCUT2D eigenvalue weighted by Gasteiger charge is 2.45. The van der Waals surface area contributed by atoms with Crippen LogP contribution in [0.3, 0.4) is 0 Å². The smallest absolute Gasteiger partial charge is 0.180 e. The van der Waals surface area contributed by atoms with Crippen LogP contribution in [0, 0.1) is 11.7 Å². The minimum absolute atomic E-state index is 0.0314. The summed E-state index contributed by atoms with van der Waals surface area (Å²) in [4.78, 5) is 20.1. The molecule has 4 atom stereocenters. The number of nitrogens with one attached hydrogen (secondary N) is 1. The fourth-order valence-corrected chi connectivity index (χ4v) is 6.07. The van der Waals surface area contributed by atoms with Gasteiger partial charge < -0.3 is 5.32 Å². The number of hydrogen-bond donors (Lipinski definition) is 1. The first-order chi connectivity index (χ1) is 16.1. The summed E-state index contributed by atoms with van der Waals surface area (Å²) in [5.74, 6) is 0.146. The largest absolute Gasteiger partial charge is 0.302 e. The maximum absolute atomic E-state index is 13.8. The van der Waals surface area contributed by atoms with Gasteiger partial charge in [-0.3, -0.25) is 14.7 Å². The third-order valence-corrected chi connectivity index (χ3v) is 7.92. The van der Waals surface area contributed by atoms with Crippen molar-refractivity contribution in [2.75, 3.05) is 19.6 Å². The van der Waals surface area contributed by atoms with Crippen LogP contribution in [0.15, 0.2) is 64.7 Å². The van der Waals surface area contributed by atoms with Gasteiger partial charge in [0.15, 0.2) is 5.78 Å². The summed E-state index contributed by atoms with van der Waals surface area (Å²) in [5, 5.41) is 3.89. The van der Waals surface area contributed by atoms with Crippen molar-refractivity contribution >= 4 is 11.5 Å². The highest BCUT2D eigenvalue weighted by molar-refractivity contribution is 6.17. The van der Waals surface area contributed by atoms with E-state index in [0.717, 1.165) is 41.8 Å². The van der Waals surface area contributed by atoms with E-state index in [1.165, 1.54) is 42.8 Å². The number of likely N-dealkylation sites (tertiary alicyclic amines) is 1. The summed E-state index contributed by atoms with van der Waals surface area (Å²) < 4.78 is 13.8. The fraction of sp³-hybridized carbons (Fsp3) is 0.429. The van der Waals surface area contributed by atoms with Crippen LogP contribution in [0.25, 0.3) is 0 Å². The van der Waals surface area contributed by atoms with Crippen molar-refractivity contribution in [1.82, 2.24) is 10.2 Å². The third-order valence-electron chi connectivity index (χ3n) is 7.92. The van der Waals surface area contributed by atoms with Crippen LogP contribution < -0.4 is 5.32 Å². The Bertz CT molecular complexity index is 1130. The molecular weight excluding hydrogens is 413 g/mol.